The molecular formula is C16H14F6N2S. The molecule has 0 radical (unpaired) electrons. The van der Waals surface area contributed by atoms with Gasteiger partial charge in [-0.1, -0.05) is 13.0 Å². The molecular weight excluding hydrogens is 366 g/mol. The average Bonchev–Trinajstić information content (AvgIpc) is 2.85. The number of hydrogen-bond acceptors (Lipinski definition) is 2. The minimum Gasteiger partial charge on any atom is -0.328 e. The lowest BCUT2D eigenvalue weighted by molar-refractivity contribution is -0.137. The molecule has 2 rings (SSSR count). The van der Waals surface area contributed by atoms with Crippen LogP contribution in [0.4, 0.5) is 26.3 Å². The third kappa shape index (κ3) is 4.81. The summed E-state index contributed by atoms with van der Waals surface area (Å²) in [6.45, 7) is 1.80. The van der Waals surface area contributed by atoms with Crippen molar-refractivity contribution >= 4 is 17.8 Å². The van der Waals surface area contributed by atoms with Gasteiger partial charge in [0.25, 0.3) is 0 Å². The number of benzene rings is 1. The summed E-state index contributed by atoms with van der Waals surface area (Å²) in [6, 6.07) is 3.31. The molecule has 0 saturated heterocycles. The Hall–Kier alpha value is -1.90. The fraction of sp³-hybridized carbons (Fsp3) is 0.312. The van der Waals surface area contributed by atoms with Crippen molar-refractivity contribution < 1.29 is 26.3 Å². The Morgan fingerprint density at radius 1 is 1.16 bits per heavy atom. The van der Waals surface area contributed by atoms with Crippen molar-refractivity contribution in [3.63, 3.8) is 0 Å². The van der Waals surface area contributed by atoms with Gasteiger partial charge in [0.1, 0.15) is 5.82 Å². The normalized spacial score (nSPS) is 13.0. The van der Waals surface area contributed by atoms with Gasteiger partial charge in [-0.2, -0.15) is 26.3 Å². The van der Waals surface area contributed by atoms with E-state index in [1.165, 1.54) is 35.6 Å². The zero-order valence-corrected chi connectivity index (χ0v) is 14.1. The minimum absolute atomic E-state index is 0.0553. The molecule has 0 aliphatic rings. The first-order chi connectivity index (χ1) is 11.5. The second kappa shape index (κ2) is 7.15. The number of halogens is 6. The minimum atomic E-state index is -4.47. The molecule has 0 unspecified atom stereocenters. The largest absolute Gasteiger partial charge is 0.416 e. The Morgan fingerprint density at radius 2 is 1.84 bits per heavy atom. The van der Waals surface area contributed by atoms with Crippen molar-refractivity contribution in [1.29, 1.82) is 0 Å². The van der Waals surface area contributed by atoms with E-state index in [4.69, 9.17) is 0 Å². The molecule has 0 amide bonds. The van der Waals surface area contributed by atoms with Crippen LogP contribution in [0.25, 0.3) is 17.3 Å². The van der Waals surface area contributed by atoms with Crippen LogP contribution < -0.4 is 0 Å². The maximum atomic E-state index is 12.9. The number of rotatable bonds is 4. The summed E-state index contributed by atoms with van der Waals surface area (Å²) in [4.78, 5) is 4.31. The number of aromatic nitrogens is 2. The molecule has 0 aliphatic heterocycles. The standard InChI is InChI=1S/C16H14F6N2S/c1-3-25-13-8-10(16(20,21)22)4-5-11(13)12-9-23-14(24(12)2)6-7-15(17,18)19/h4-9H,3H2,1-2H3/b7-6+. The predicted molar refractivity (Wildman–Crippen MR) is 85.1 cm³/mol. The van der Waals surface area contributed by atoms with E-state index in [1.54, 1.807) is 6.92 Å². The van der Waals surface area contributed by atoms with Crippen molar-refractivity contribution in [3.8, 4) is 11.3 Å². The summed E-state index contributed by atoms with van der Waals surface area (Å²) in [7, 11) is 1.51. The van der Waals surface area contributed by atoms with E-state index in [0.29, 0.717) is 21.9 Å². The number of thioether (sulfide) groups is 1. The summed E-state index contributed by atoms with van der Waals surface area (Å²) in [5.74, 6) is 0.604. The SMILES string of the molecule is CCSc1cc(C(F)(F)F)ccc1-c1cnc(/C=C/C(F)(F)F)n1C. The van der Waals surface area contributed by atoms with Crippen LogP contribution >= 0.6 is 11.8 Å². The number of imidazole rings is 1. The van der Waals surface area contributed by atoms with Gasteiger partial charge < -0.3 is 4.57 Å². The predicted octanol–water partition coefficient (Wildman–Crippen LogP) is 5.79. The second-order valence-corrected chi connectivity index (χ2v) is 6.38. The molecule has 25 heavy (non-hydrogen) atoms. The topological polar surface area (TPSA) is 17.8 Å². The van der Waals surface area contributed by atoms with Gasteiger partial charge in [-0.3, -0.25) is 0 Å². The van der Waals surface area contributed by atoms with Gasteiger partial charge in [0.15, 0.2) is 0 Å². The molecule has 1 heterocycles. The first-order valence-corrected chi connectivity index (χ1v) is 8.13. The summed E-state index contributed by atoms with van der Waals surface area (Å²) < 4.78 is 77.0. The van der Waals surface area contributed by atoms with Gasteiger partial charge in [-0.05, 0) is 24.0 Å². The Labute approximate surface area is 144 Å². The van der Waals surface area contributed by atoms with E-state index in [2.05, 4.69) is 4.98 Å². The zero-order valence-electron chi connectivity index (χ0n) is 13.2. The fourth-order valence-electron chi connectivity index (χ4n) is 2.18. The van der Waals surface area contributed by atoms with E-state index in [0.717, 1.165) is 18.2 Å². The number of alkyl halides is 6. The fourth-order valence-corrected chi connectivity index (χ4v) is 3.03. The molecule has 2 aromatic rings. The highest BCUT2D eigenvalue weighted by Crippen LogP contribution is 2.37. The molecule has 1 aromatic heterocycles. The van der Waals surface area contributed by atoms with Gasteiger partial charge in [-0.25, -0.2) is 4.98 Å². The van der Waals surface area contributed by atoms with Crippen LogP contribution in [-0.2, 0) is 13.2 Å². The van der Waals surface area contributed by atoms with Crippen molar-refractivity contribution in [2.75, 3.05) is 5.75 Å². The first-order valence-electron chi connectivity index (χ1n) is 7.15. The van der Waals surface area contributed by atoms with Gasteiger partial charge in [0.05, 0.1) is 17.5 Å². The molecule has 0 aliphatic carbocycles. The third-order valence-electron chi connectivity index (χ3n) is 3.33. The smallest absolute Gasteiger partial charge is 0.328 e. The highest BCUT2D eigenvalue weighted by Gasteiger charge is 2.31. The van der Waals surface area contributed by atoms with Crippen LogP contribution in [0.3, 0.4) is 0 Å². The maximum Gasteiger partial charge on any atom is 0.416 e. The van der Waals surface area contributed by atoms with E-state index in [-0.39, 0.29) is 11.9 Å². The summed E-state index contributed by atoms with van der Waals surface area (Å²) in [5.41, 5.74) is 0.152. The van der Waals surface area contributed by atoms with E-state index >= 15 is 0 Å². The van der Waals surface area contributed by atoms with Crippen LogP contribution in [0.5, 0.6) is 0 Å². The number of allylic oxidation sites excluding steroid dienone is 1. The molecule has 0 saturated carbocycles. The first kappa shape index (κ1) is 19.4. The number of nitrogens with zero attached hydrogens (tertiary/aromatic N) is 2. The molecule has 0 bridgehead atoms. The van der Waals surface area contributed by atoms with Gasteiger partial charge >= 0.3 is 12.4 Å². The van der Waals surface area contributed by atoms with Crippen LogP contribution in [0.15, 0.2) is 35.4 Å². The van der Waals surface area contributed by atoms with Crippen LogP contribution in [0.2, 0.25) is 0 Å². The Bertz CT molecular complexity index is 774. The average molecular weight is 380 g/mol. The molecule has 136 valence electrons. The maximum absolute atomic E-state index is 12.9. The monoisotopic (exact) mass is 380 g/mol. The van der Waals surface area contributed by atoms with Crippen molar-refractivity contribution in [3.05, 3.63) is 41.9 Å². The highest BCUT2D eigenvalue weighted by molar-refractivity contribution is 7.99. The molecule has 1 aromatic carbocycles. The van der Waals surface area contributed by atoms with E-state index in [1.807, 2.05) is 0 Å². The lowest BCUT2D eigenvalue weighted by atomic mass is 10.1. The van der Waals surface area contributed by atoms with E-state index in [9.17, 15) is 26.3 Å². The zero-order chi connectivity index (χ0) is 18.8. The Balaban J connectivity index is 2.48. The van der Waals surface area contributed by atoms with Crippen LogP contribution in [0.1, 0.15) is 18.3 Å². The van der Waals surface area contributed by atoms with Crippen molar-refractivity contribution in [2.24, 2.45) is 7.05 Å². The van der Waals surface area contributed by atoms with Gasteiger partial charge in [-0.15, -0.1) is 11.8 Å². The van der Waals surface area contributed by atoms with Crippen LogP contribution in [-0.4, -0.2) is 21.5 Å². The lowest BCUT2D eigenvalue weighted by Crippen LogP contribution is -2.05. The Kier molecular flexibility index (Phi) is 5.55. The summed E-state index contributed by atoms with van der Waals surface area (Å²) in [5, 5.41) is 0. The quantitative estimate of drug-likeness (QED) is 0.493. The third-order valence-corrected chi connectivity index (χ3v) is 4.27. The second-order valence-electron chi connectivity index (χ2n) is 5.08. The molecule has 0 atom stereocenters. The summed E-state index contributed by atoms with van der Waals surface area (Å²) >= 11 is 1.22. The van der Waals surface area contributed by atoms with E-state index < -0.39 is 17.9 Å². The van der Waals surface area contributed by atoms with Crippen LogP contribution in [0, 0.1) is 0 Å². The molecule has 9 heteroatoms. The summed E-state index contributed by atoms with van der Waals surface area (Å²) in [6.07, 6.45) is -6.70. The molecule has 0 N–H and O–H groups in total. The van der Waals surface area contributed by atoms with Gasteiger partial charge in [0, 0.05) is 23.6 Å². The lowest BCUT2D eigenvalue weighted by Gasteiger charge is -2.13. The molecule has 2 nitrogen and oxygen atoms in total. The highest BCUT2D eigenvalue weighted by atomic mass is 32.2. The van der Waals surface area contributed by atoms with Crippen molar-refractivity contribution in [1.82, 2.24) is 9.55 Å². The van der Waals surface area contributed by atoms with Gasteiger partial charge in [0.2, 0.25) is 0 Å². The molecule has 0 spiro atoms. The molecule has 0 fully saturated rings. The Morgan fingerprint density at radius 3 is 2.40 bits per heavy atom. The van der Waals surface area contributed by atoms with Crippen molar-refractivity contribution in [2.45, 2.75) is 24.2 Å². The number of hydrogen-bond donors (Lipinski definition) is 0.